The molecule has 4 heteroatoms. The molecule has 0 bridgehead atoms. The quantitative estimate of drug-likeness (QED) is 0.792. The first-order chi connectivity index (χ1) is 9.60. The number of aliphatic hydroxyl groups excluding tert-OH is 1. The van der Waals surface area contributed by atoms with E-state index >= 15 is 0 Å². The minimum atomic E-state index is -0.520. The van der Waals surface area contributed by atoms with E-state index in [9.17, 15) is 5.11 Å². The third-order valence-corrected chi connectivity index (χ3v) is 3.78. The van der Waals surface area contributed by atoms with Crippen LogP contribution in [-0.2, 0) is 0 Å². The molecule has 0 spiro atoms. The highest BCUT2D eigenvalue weighted by Crippen LogP contribution is 2.40. The Labute approximate surface area is 121 Å². The van der Waals surface area contributed by atoms with Crippen molar-refractivity contribution >= 4 is 0 Å². The van der Waals surface area contributed by atoms with Gasteiger partial charge in [-0.25, -0.2) is 0 Å². The molecule has 1 rings (SSSR count). The molecule has 0 heterocycles. The SMILES string of the molecule is CCC(CC)CC(O)c1cc(OC)c(OC)c(OC)c1. The topological polar surface area (TPSA) is 47.9 Å². The summed E-state index contributed by atoms with van der Waals surface area (Å²) < 4.78 is 15.9. The van der Waals surface area contributed by atoms with Gasteiger partial charge in [-0.05, 0) is 30.0 Å². The summed E-state index contributed by atoms with van der Waals surface area (Å²) >= 11 is 0. The molecule has 0 saturated heterocycles. The van der Waals surface area contributed by atoms with E-state index in [1.165, 1.54) is 0 Å². The monoisotopic (exact) mass is 282 g/mol. The highest BCUT2D eigenvalue weighted by Gasteiger charge is 2.19. The zero-order chi connectivity index (χ0) is 15.1. The second-order valence-electron chi connectivity index (χ2n) is 4.89. The summed E-state index contributed by atoms with van der Waals surface area (Å²) in [7, 11) is 4.73. The van der Waals surface area contributed by atoms with Crippen LogP contribution in [0.1, 0.15) is 44.8 Å². The second kappa shape index (κ2) is 8.00. The van der Waals surface area contributed by atoms with Gasteiger partial charge in [-0.15, -0.1) is 0 Å². The van der Waals surface area contributed by atoms with Crippen LogP contribution in [0.2, 0.25) is 0 Å². The number of hydrogen-bond donors (Lipinski definition) is 1. The van der Waals surface area contributed by atoms with Crippen molar-refractivity contribution in [2.75, 3.05) is 21.3 Å². The summed E-state index contributed by atoms with van der Waals surface area (Å²) in [6.07, 6.45) is 2.36. The molecular formula is C16H26O4. The standard InChI is InChI=1S/C16H26O4/c1-6-11(7-2)8-13(17)12-9-14(18-3)16(20-5)15(10-12)19-4/h9-11,13,17H,6-8H2,1-5H3. The van der Waals surface area contributed by atoms with Gasteiger partial charge in [0.15, 0.2) is 11.5 Å². The number of benzene rings is 1. The smallest absolute Gasteiger partial charge is 0.203 e. The van der Waals surface area contributed by atoms with Crippen LogP contribution in [0.15, 0.2) is 12.1 Å². The minimum Gasteiger partial charge on any atom is -0.493 e. The van der Waals surface area contributed by atoms with Crippen LogP contribution < -0.4 is 14.2 Å². The zero-order valence-electron chi connectivity index (χ0n) is 13.1. The Morgan fingerprint density at radius 2 is 1.45 bits per heavy atom. The fourth-order valence-electron chi connectivity index (χ4n) is 2.37. The Balaban J connectivity index is 3.05. The molecule has 20 heavy (non-hydrogen) atoms. The van der Waals surface area contributed by atoms with Gasteiger partial charge in [0.25, 0.3) is 0 Å². The molecule has 0 saturated carbocycles. The van der Waals surface area contributed by atoms with Gasteiger partial charge in [0.2, 0.25) is 5.75 Å². The van der Waals surface area contributed by atoms with Crippen molar-refractivity contribution in [3.8, 4) is 17.2 Å². The van der Waals surface area contributed by atoms with Crippen LogP contribution in [0.5, 0.6) is 17.2 Å². The molecule has 0 radical (unpaired) electrons. The molecule has 1 aromatic carbocycles. The van der Waals surface area contributed by atoms with E-state index in [4.69, 9.17) is 14.2 Å². The molecule has 0 aliphatic rings. The fourth-order valence-corrected chi connectivity index (χ4v) is 2.37. The van der Waals surface area contributed by atoms with E-state index in [1.54, 1.807) is 21.3 Å². The van der Waals surface area contributed by atoms with Crippen LogP contribution >= 0.6 is 0 Å². The molecule has 114 valence electrons. The maximum atomic E-state index is 10.4. The molecule has 4 nitrogen and oxygen atoms in total. The first-order valence-electron chi connectivity index (χ1n) is 7.09. The fraction of sp³-hybridized carbons (Fsp3) is 0.625. The van der Waals surface area contributed by atoms with Gasteiger partial charge in [0, 0.05) is 0 Å². The maximum Gasteiger partial charge on any atom is 0.203 e. The largest absolute Gasteiger partial charge is 0.493 e. The highest BCUT2D eigenvalue weighted by atomic mass is 16.5. The van der Waals surface area contributed by atoms with Crippen LogP contribution in [0.4, 0.5) is 0 Å². The molecule has 0 fully saturated rings. The lowest BCUT2D eigenvalue weighted by Crippen LogP contribution is -2.07. The Kier molecular flexibility index (Phi) is 6.65. The third-order valence-electron chi connectivity index (χ3n) is 3.78. The van der Waals surface area contributed by atoms with Gasteiger partial charge >= 0.3 is 0 Å². The lowest BCUT2D eigenvalue weighted by Gasteiger charge is -2.20. The molecule has 0 amide bonds. The molecule has 1 aromatic rings. The van der Waals surface area contributed by atoms with Crippen molar-refractivity contribution in [2.45, 2.75) is 39.2 Å². The van der Waals surface area contributed by atoms with Gasteiger partial charge in [0.1, 0.15) is 0 Å². The number of hydrogen-bond acceptors (Lipinski definition) is 4. The summed E-state index contributed by atoms with van der Waals surface area (Å²) in [6.45, 7) is 4.30. The molecule has 1 unspecified atom stereocenters. The van der Waals surface area contributed by atoms with Crippen molar-refractivity contribution in [1.29, 1.82) is 0 Å². The Bertz CT molecular complexity index is 388. The van der Waals surface area contributed by atoms with Crippen LogP contribution in [-0.4, -0.2) is 26.4 Å². The molecule has 1 N–H and O–H groups in total. The number of methoxy groups -OCH3 is 3. The van der Waals surface area contributed by atoms with Crippen molar-refractivity contribution in [3.63, 3.8) is 0 Å². The summed E-state index contributed by atoms with van der Waals surface area (Å²) in [5, 5.41) is 10.4. The van der Waals surface area contributed by atoms with E-state index in [-0.39, 0.29) is 0 Å². The number of ether oxygens (including phenoxy) is 3. The molecule has 1 atom stereocenters. The first-order valence-corrected chi connectivity index (χ1v) is 7.09. The average Bonchev–Trinajstić information content (AvgIpc) is 2.50. The van der Waals surface area contributed by atoms with E-state index < -0.39 is 6.10 Å². The first kappa shape index (κ1) is 16.6. The Morgan fingerprint density at radius 1 is 0.950 bits per heavy atom. The summed E-state index contributed by atoms with van der Waals surface area (Å²) in [5.74, 6) is 2.22. The van der Waals surface area contributed by atoms with Gasteiger partial charge in [-0.3, -0.25) is 0 Å². The van der Waals surface area contributed by atoms with Gasteiger partial charge in [0.05, 0.1) is 27.4 Å². The summed E-state index contributed by atoms with van der Waals surface area (Å²) in [5.41, 5.74) is 0.798. The van der Waals surface area contributed by atoms with Crippen molar-refractivity contribution in [3.05, 3.63) is 17.7 Å². The van der Waals surface area contributed by atoms with Gasteiger partial charge in [-0.1, -0.05) is 26.7 Å². The average molecular weight is 282 g/mol. The maximum absolute atomic E-state index is 10.4. The number of aliphatic hydroxyl groups is 1. The highest BCUT2D eigenvalue weighted by molar-refractivity contribution is 5.54. The molecule has 0 aliphatic heterocycles. The lowest BCUT2D eigenvalue weighted by molar-refractivity contribution is 0.140. The number of rotatable bonds is 8. The van der Waals surface area contributed by atoms with Crippen LogP contribution in [0.3, 0.4) is 0 Å². The van der Waals surface area contributed by atoms with Crippen molar-refractivity contribution in [2.24, 2.45) is 5.92 Å². The van der Waals surface area contributed by atoms with Gasteiger partial charge in [-0.2, -0.15) is 0 Å². The van der Waals surface area contributed by atoms with E-state index in [0.717, 1.165) is 24.8 Å². The van der Waals surface area contributed by atoms with Crippen molar-refractivity contribution < 1.29 is 19.3 Å². The van der Waals surface area contributed by atoms with Crippen LogP contribution in [0.25, 0.3) is 0 Å². The molecular weight excluding hydrogens is 256 g/mol. The third kappa shape index (κ3) is 3.79. The van der Waals surface area contributed by atoms with E-state index in [0.29, 0.717) is 23.2 Å². The Morgan fingerprint density at radius 3 is 1.80 bits per heavy atom. The lowest BCUT2D eigenvalue weighted by atomic mass is 9.92. The zero-order valence-corrected chi connectivity index (χ0v) is 13.1. The predicted octanol–water partition coefficient (Wildman–Crippen LogP) is 3.57. The van der Waals surface area contributed by atoms with E-state index in [1.807, 2.05) is 12.1 Å². The predicted molar refractivity (Wildman–Crippen MR) is 79.7 cm³/mol. The van der Waals surface area contributed by atoms with Gasteiger partial charge < -0.3 is 19.3 Å². The van der Waals surface area contributed by atoms with E-state index in [2.05, 4.69) is 13.8 Å². The molecule has 0 aromatic heterocycles. The Hall–Kier alpha value is -1.42. The molecule has 0 aliphatic carbocycles. The normalized spacial score (nSPS) is 12.3. The summed E-state index contributed by atoms with van der Waals surface area (Å²) in [6, 6.07) is 3.63. The van der Waals surface area contributed by atoms with Crippen molar-refractivity contribution in [1.82, 2.24) is 0 Å². The van der Waals surface area contributed by atoms with Crippen LogP contribution in [0, 0.1) is 5.92 Å². The summed E-state index contributed by atoms with van der Waals surface area (Å²) in [4.78, 5) is 0. The minimum absolute atomic E-state index is 0.518. The second-order valence-corrected chi connectivity index (χ2v) is 4.89.